The average molecular weight is 393 g/mol. The van der Waals surface area contributed by atoms with Crippen LogP contribution in [0.4, 0.5) is 0 Å². The van der Waals surface area contributed by atoms with Gasteiger partial charge in [-0.1, -0.05) is 51.1 Å². The maximum absolute atomic E-state index is 6.06. The fourth-order valence-corrected chi connectivity index (χ4v) is 3.94. The molecule has 3 heteroatoms. The summed E-state index contributed by atoms with van der Waals surface area (Å²) < 4.78 is 6.06. The molecule has 0 atom stereocenters. The van der Waals surface area contributed by atoms with Crippen molar-refractivity contribution in [3.05, 3.63) is 84.6 Å². The van der Waals surface area contributed by atoms with Crippen LogP contribution in [0.2, 0.25) is 0 Å². The molecule has 0 bridgehead atoms. The zero-order chi connectivity index (χ0) is 20.7. The lowest BCUT2D eigenvalue weighted by atomic mass is 9.88. The first-order valence-electron chi connectivity index (χ1n) is 10.3. The van der Waals surface area contributed by atoms with Crippen LogP contribution in [0.3, 0.4) is 0 Å². The first-order valence-corrected chi connectivity index (χ1v) is 10.3. The number of pyridine rings is 2. The predicted molar refractivity (Wildman–Crippen MR) is 123 cm³/mol. The largest absolute Gasteiger partial charge is 0.438 e. The Balaban J connectivity index is 1.57. The van der Waals surface area contributed by atoms with E-state index in [1.807, 2.05) is 30.5 Å². The van der Waals surface area contributed by atoms with Crippen LogP contribution >= 0.6 is 0 Å². The monoisotopic (exact) mass is 392 g/mol. The Hall–Kier alpha value is -3.46. The minimum absolute atomic E-state index is 0.242. The van der Waals surface area contributed by atoms with E-state index in [1.165, 1.54) is 5.56 Å². The molecule has 3 heterocycles. The molecule has 30 heavy (non-hydrogen) atoms. The quantitative estimate of drug-likeness (QED) is 0.323. The second-order valence-electron chi connectivity index (χ2n) is 9.01. The summed E-state index contributed by atoms with van der Waals surface area (Å²) in [6.45, 7) is 6.77. The van der Waals surface area contributed by atoms with E-state index in [-0.39, 0.29) is 5.41 Å². The third-order valence-electron chi connectivity index (χ3n) is 5.26. The summed E-state index contributed by atoms with van der Waals surface area (Å²) in [7, 11) is 0. The molecule has 0 amide bonds. The van der Waals surface area contributed by atoms with Crippen molar-refractivity contribution in [2.75, 3.05) is 0 Å². The molecule has 0 saturated heterocycles. The van der Waals surface area contributed by atoms with E-state index in [1.54, 1.807) is 0 Å². The molecule has 3 aromatic heterocycles. The fraction of sp³-hybridized carbons (Fsp3) is 0.185. The predicted octanol–water partition coefficient (Wildman–Crippen LogP) is 7.30. The summed E-state index contributed by atoms with van der Waals surface area (Å²) in [6, 6.07) is 24.9. The summed E-state index contributed by atoms with van der Waals surface area (Å²) in [4.78, 5) is 9.38. The number of rotatable bonds is 3. The van der Waals surface area contributed by atoms with Crippen molar-refractivity contribution in [3.8, 4) is 22.5 Å². The van der Waals surface area contributed by atoms with E-state index in [0.29, 0.717) is 5.71 Å². The summed E-state index contributed by atoms with van der Waals surface area (Å²) in [6.07, 6.45) is 2.92. The van der Waals surface area contributed by atoms with Crippen molar-refractivity contribution >= 4 is 22.1 Å². The molecular weight excluding hydrogens is 368 g/mol. The van der Waals surface area contributed by atoms with Crippen LogP contribution < -0.4 is 0 Å². The molecule has 2 aromatic carbocycles. The smallest absolute Gasteiger partial charge is 0.227 e. The van der Waals surface area contributed by atoms with E-state index in [2.05, 4.69) is 74.3 Å². The lowest BCUT2D eigenvalue weighted by molar-refractivity contribution is 0.411. The van der Waals surface area contributed by atoms with Gasteiger partial charge in [0, 0.05) is 28.1 Å². The van der Waals surface area contributed by atoms with Gasteiger partial charge in [0.15, 0.2) is 0 Å². The molecular formula is C27H24N2O. The van der Waals surface area contributed by atoms with Crippen molar-refractivity contribution in [2.45, 2.75) is 27.2 Å². The minimum atomic E-state index is 0.242. The van der Waals surface area contributed by atoms with E-state index in [4.69, 9.17) is 9.40 Å². The normalized spacial score (nSPS) is 12.0. The maximum atomic E-state index is 6.06. The Bertz CT molecular complexity index is 1340. The Kier molecular flexibility index (Phi) is 4.39. The zero-order valence-electron chi connectivity index (χ0n) is 17.5. The van der Waals surface area contributed by atoms with Crippen LogP contribution in [0.15, 0.2) is 83.4 Å². The molecule has 0 aliphatic heterocycles. The lowest BCUT2D eigenvalue weighted by Gasteiger charge is -2.18. The van der Waals surface area contributed by atoms with Gasteiger partial charge < -0.3 is 4.42 Å². The number of fused-ring (bicyclic) bond motifs is 3. The molecule has 0 N–H and O–H groups in total. The van der Waals surface area contributed by atoms with E-state index >= 15 is 0 Å². The zero-order valence-corrected chi connectivity index (χ0v) is 17.5. The molecule has 148 valence electrons. The second kappa shape index (κ2) is 7.10. The molecule has 3 nitrogen and oxygen atoms in total. The Morgan fingerprint density at radius 3 is 2.40 bits per heavy atom. The average Bonchev–Trinajstić information content (AvgIpc) is 3.10. The molecule has 0 unspecified atom stereocenters. The standard InChI is InChI=1S/C27H24N2O/c1-27(2,3)17-18-13-14-28-24(15-18)20-9-12-25-22(16-20)21-10-11-23(29-26(21)30-25)19-7-5-4-6-8-19/h4-16H,17H2,1-3H3. The Morgan fingerprint density at radius 1 is 0.767 bits per heavy atom. The van der Waals surface area contributed by atoms with Gasteiger partial charge in [-0.15, -0.1) is 0 Å². The van der Waals surface area contributed by atoms with E-state index in [9.17, 15) is 0 Å². The van der Waals surface area contributed by atoms with Gasteiger partial charge in [0.25, 0.3) is 0 Å². The lowest BCUT2D eigenvalue weighted by Crippen LogP contribution is -2.09. The van der Waals surface area contributed by atoms with Crippen LogP contribution in [0.1, 0.15) is 26.3 Å². The van der Waals surface area contributed by atoms with Crippen molar-refractivity contribution in [2.24, 2.45) is 5.41 Å². The SMILES string of the molecule is CC(C)(C)Cc1ccnc(-c2ccc3oc4nc(-c5ccccc5)ccc4c3c2)c1. The molecule has 5 aromatic rings. The van der Waals surface area contributed by atoms with Gasteiger partial charge in [-0.2, -0.15) is 0 Å². The Morgan fingerprint density at radius 2 is 1.60 bits per heavy atom. The molecule has 0 saturated carbocycles. The van der Waals surface area contributed by atoms with Crippen LogP contribution in [-0.2, 0) is 6.42 Å². The van der Waals surface area contributed by atoms with Gasteiger partial charge in [-0.3, -0.25) is 4.98 Å². The van der Waals surface area contributed by atoms with Gasteiger partial charge in [-0.05, 0) is 59.9 Å². The number of benzene rings is 2. The molecule has 0 fully saturated rings. The van der Waals surface area contributed by atoms with Crippen LogP contribution in [-0.4, -0.2) is 9.97 Å². The number of furan rings is 1. The third kappa shape index (κ3) is 3.59. The second-order valence-corrected chi connectivity index (χ2v) is 9.01. The van der Waals surface area contributed by atoms with Gasteiger partial charge in [0.2, 0.25) is 5.71 Å². The Labute approximate surface area is 176 Å². The van der Waals surface area contributed by atoms with Gasteiger partial charge in [-0.25, -0.2) is 4.98 Å². The molecule has 0 spiro atoms. The van der Waals surface area contributed by atoms with E-state index in [0.717, 1.165) is 45.3 Å². The highest BCUT2D eigenvalue weighted by Gasteiger charge is 2.14. The van der Waals surface area contributed by atoms with Crippen LogP contribution in [0.25, 0.3) is 44.6 Å². The maximum Gasteiger partial charge on any atom is 0.227 e. The van der Waals surface area contributed by atoms with Gasteiger partial charge >= 0.3 is 0 Å². The first-order chi connectivity index (χ1) is 14.5. The number of hydrogen-bond donors (Lipinski definition) is 0. The van der Waals surface area contributed by atoms with Crippen LogP contribution in [0.5, 0.6) is 0 Å². The topological polar surface area (TPSA) is 38.9 Å². The summed E-state index contributed by atoms with van der Waals surface area (Å²) in [5.41, 5.74) is 7.13. The van der Waals surface area contributed by atoms with Crippen molar-refractivity contribution < 1.29 is 4.42 Å². The molecule has 0 radical (unpaired) electrons. The highest BCUT2D eigenvalue weighted by atomic mass is 16.3. The molecule has 0 aliphatic carbocycles. The highest BCUT2D eigenvalue weighted by Crippen LogP contribution is 2.33. The van der Waals surface area contributed by atoms with Crippen molar-refractivity contribution in [1.82, 2.24) is 9.97 Å². The van der Waals surface area contributed by atoms with Crippen molar-refractivity contribution in [3.63, 3.8) is 0 Å². The molecule has 5 rings (SSSR count). The highest BCUT2D eigenvalue weighted by molar-refractivity contribution is 6.05. The van der Waals surface area contributed by atoms with Gasteiger partial charge in [0.05, 0.1) is 11.4 Å². The summed E-state index contributed by atoms with van der Waals surface area (Å²) in [5, 5.41) is 2.09. The van der Waals surface area contributed by atoms with Crippen LogP contribution in [0, 0.1) is 5.41 Å². The molecule has 0 aliphatic rings. The number of hydrogen-bond acceptors (Lipinski definition) is 3. The number of nitrogens with zero attached hydrogens (tertiary/aromatic N) is 2. The first kappa shape index (κ1) is 18.6. The minimum Gasteiger partial charge on any atom is -0.438 e. The fourth-order valence-electron chi connectivity index (χ4n) is 3.94. The number of aromatic nitrogens is 2. The summed E-state index contributed by atoms with van der Waals surface area (Å²) >= 11 is 0. The van der Waals surface area contributed by atoms with E-state index < -0.39 is 0 Å². The third-order valence-corrected chi connectivity index (χ3v) is 5.26. The van der Waals surface area contributed by atoms with Crippen molar-refractivity contribution in [1.29, 1.82) is 0 Å². The van der Waals surface area contributed by atoms with Gasteiger partial charge in [0.1, 0.15) is 5.58 Å². The summed E-state index contributed by atoms with van der Waals surface area (Å²) in [5.74, 6) is 0.